The van der Waals surface area contributed by atoms with E-state index in [-0.39, 0.29) is 24.1 Å². The van der Waals surface area contributed by atoms with Gasteiger partial charge in [0, 0.05) is 0 Å². The van der Waals surface area contributed by atoms with E-state index in [1.54, 1.807) is 0 Å². The first-order valence-corrected chi connectivity index (χ1v) is 2.96. The van der Waals surface area contributed by atoms with Gasteiger partial charge < -0.3 is 17.2 Å². The van der Waals surface area contributed by atoms with Crippen molar-refractivity contribution in [2.45, 2.75) is 0 Å². The Hall–Kier alpha value is -2.43. The molecule has 0 aliphatic heterocycles. The second-order valence-corrected chi connectivity index (χ2v) is 1.66. The smallest absolute Gasteiger partial charge is 0.226 e. The highest BCUT2D eigenvalue weighted by Crippen LogP contribution is 1.97. The predicted molar refractivity (Wildman–Crippen MR) is 44.7 cm³/mol. The quantitative estimate of drug-likeness (QED) is 0.316. The Kier molecular flexibility index (Phi) is 4.27. The lowest BCUT2D eigenvalue weighted by Gasteiger charge is -1.93. The van der Waals surface area contributed by atoms with E-state index in [1.165, 1.54) is 6.07 Å². The Labute approximate surface area is 73.4 Å². The van der Waals surface area contributed by atoms with E-state index < -0.39 is 0 Å². The van der Waals surface area contributed by atoms with Crippen molar-refractivity contribution >= 4 is 24.1 Å². The van der Waals surface area contributed by atoms with Gasteiger partial charge in [-0.1, -0.05) is 0 Å². The molecule has 0 aromatic carbocycles. The molecule has 1 aromatic heterocycles. The van der Waals surface area contributed by atoms with Crippen LogP contribution in [0.2, 0.25) is 0 Å². The minimum atomic E-state index is 0.0417. The molecule has 13 heavy (non-hydrogen) atoms. The number of nitrogens with two attached hydrogens (primary N) is 3. The Bertz CT molecular complexity index is 280. The van der Waals surface area contributed by atoms with Crippen LogP contribution in [-0.4, -0.2) is 21.2 Å². The van der Waals surface area contributed by atoms with E-state index in [1.807, 2.05) is 0 Å². The molecule has 0 aliphatic carbocycles. The van der Waals surface area contributed by atoms with Gasteiger partial charge >= 0.3 is 0 Å². The predicted octanol–water partition coefficient (Wildman–Crippen LogP) is -1.67. The summed E-state index contributed by atoms with van der Waals surface area (Å²) >= 11 is 0. The van der Waals surface area contributed by atoms with Gasteiger partial charge in [-0.2, -0.15) is 20.2 Å². The van der Waals surface area contributed by atoms with Gasteiger partial charge in [0.2, 0.25) is 24.1 Å². The number of anilines is 3. The molecule has 0 saturated heterocycles. The van der Waals surface area contributed by atoms with Crippen LogP contribution in [0.1, 0.15) is 0 Å². The monoisotopic (exact) mass is 181 g/mol. The molecule has 0 unspecified atom stereocenters. The van der Waals surface area contributed by atoms with Crippen LogP contribution in [0.5, 0.6) is 0 Å². The SMILES string of the molecule is N#CC=O.Nc1nc(N)nc(N)n1. The van der Waals surface area contributed by atoms with Gasteiger partial charge in [-0.15, -0.1) is 0 Å². The van der Waals surface area contributed by atoms with Gasteiger partial charge in [0.05, 0.1) is 0 Å². The highest BCUT2D eigenvalue weighted by Gasteiger charge is 1.93. The van der Waals surface area contributed by atoms with Crippen LogP contribution < -0.4 is 17.2 Å². The lowest BCUT2D eigenvalue weighted by Crippen LogP contribution is -2.05. The molecule has 1 rings (SSSR count). The van der Waals surface area contributed by atoms with E-state index in [0.717, 1.165) is 0 Å². The molecule has 1 heterocycles. The third-order valence-electron chi connectivity index (χ3n) is 0.740. The summed E-state index contributed by atoms with van der Waals surface area (Å²) < 4.78 is 0. The van der Waals surface area contributed by atoms with Gasteiger partial charge in [0.15, 0.2) is 0 Å². The molecule has 0 saturated carbocycles. The van der Waals surface area contributed by atoms with E-state index in [9.17, 15) is 0 Å². The first-order valence-electron chi connectivity index (χ1n) is 2.96. The molecule has 0 bridgehead atoms. The van der Waals surface area contributed by atoms with Crippen molar-refractivity contribution < 1.29 is 4.79 Å². The minimum Gasteiger partial charge on any atom is -0.368 e. The van der Waals surface area contributed by atoms with Gasteiger partial charge in [-0.25, -0.2) is 0 Å². The second-order valence-electron chi connectivity index (χ2n) is 1.66. The molecule has 6 N–H and O–H groups in total. The summed E-state index contributed by atoms with van der Waals surface area (Å²) in [5.74, 6) is 0.125. The fraction of sp³-hybridized carbons (Fsp3) is 0. The highest BCUT2D eigenvalue weighted by atomic mass is 16.1. The average Bonchev–Trinajstić information content (AvgIpc) is 2.02. The summed E-state index contributed by atoms with van der Waals surface area (Å²) in [5, 5.41) is 7.26. The molecule has 0 aliphatic rings. The first kappa shape index (κ1) is 10.6. The number of carbonyl (C=O) groups is 1. The summed E-state index contributed by atoms with van der Waals surface area (Å²) in [7, 11) is 0. The summed E-state index contributed by atoms with van der Waals surface area (Å²) in [5.41, 5.74) is 15.4. The normalized spacial score (nSPS) is 7.62. The standard InChI is InChI=1S/C3H6N6.C2HNO/c4-1-7-2(5)9-3(6)8-1;3-1-2-4/h(H6,4,5,6,7,8,9);2H. The fourth-order valence-corrected chi connectivity index (χ4v) is 0.427. The highest BCUT2D eigenvalue weighted by molar-refractivity contribution is 5.68. The number of aldehydes is 1. The molecular formula is C5H7N7O. The lowest BCUT2D eigenvalue weighted by molar-refractivity contribution is -0.103. The van der Waals surface area contributed by atoms with Crippen molar-refractivity contribution in [3.05, 3.63) is 0 Å². The Morgan fingerprint density at radius 3 is 1.46 bits per heavy atom. The van der Waals surface area contributed by atoms with Gasteiger partial charge in [-0.3, -0.25) is 4.79 Å². The lowest BCUT2D eigenvalue weighted by atomic mass is 10.9. The third kappa shape index (κ3) is 4.91. The summed E-state index contributed by atoms with van der Waals surface area (Å²) in [6.07, 6.45) is 0.181. The zero-order valence-electron chi connectivity index (χ0n) is 6.51. The van der Waals surface area contributed by atoms with Gasteiger partial charge in [0.25, 0.3) is 0 Å². The van der Waals surface area contributed by atoms with Crippen molar-refractivity contribution in [3.63, 3.8) is 0 Å². The number of rotatable bonds is 0. The van der Waals surface area contributed by atoms with Crippen molar-refractivity contribution in [3.8, 4) is 6.07 Å². The Morgan fingerprint density at radius 1 is 1.08 bits per heavy atom. The number of hydrogen-bond donors (Lipinski definition) is 3. The number of nitrogens with zero attached hydrogens (tertiary/aromatic N) is 4. The molecule has 8 heteroatoms. The fourth-order valence-electron chi connectivity index (χ4n) is 0.427. The average molecular weight is 181 g/mol. The minimum absolute atomic E-state index is 0.0417. The maximum absolute atomic E-state index is 8.81. The molecule has 0 fully saturated rings. The van der Waals surface area contributed by atoms with Gasteiger partial charge in [-0.05, 0) is 0 Å². The first-order chi connectivity index (χ1) is 6.10. The van der Waals surface area contributed by atoms with Crippen molar-refractivity contribution in [1.29, 1.82) is 5.26 Å². The molecular weight excluding hydrogens is 174 g/mol. The Morgan fingerprint density at radius 2 is 1.31 bits per heavy atom. The maximum atomic E-state index is 8.81. The molecule has 8 nitrogen and oxygen atoms in total. The van der Waals surface area contributed by atoms with Crippen molar-refractivity contribution in [2.75, 3.05) is 17.2 Å². The maximum Gasteiger partial charge on any atom is 0.226 e. The number of nitriles is 1. The van der Waals surface area contributed by atoms with Crippen molar-refractivity contribution in [1.82, 2.24) is 15.0 Å². The van der Waals surface area contributed by atoms with E-state index in [2.05, 4.69) is 15.0 Å². The largest absolute Gasteiger partial charge is 0.368 e. The topological polar surface area (TPSA) is 158 Å². The number of nitrogen functional groups attached to an aromatic ring is 3. The number of carbonyl (C=O) groups excluding carboxylic acids is 1. The number of hydrogen-bond acceptors (Lipinski definition) is 8. The van der Waals surface area contributed by atoms with Crippen molar-refractivity contribution in [2.24, 2.45) is 0 Å². The van der Waals surface area contributed by atoms with Crippen LogP contribution in [0, 0.1) is 11.3 Å². The van der Waals surface area contributed by atoms with Crippen LogP contribution >= 0.6 is 0 Å². The number of aromatic nitrogens is 3. The summed E-state index contributed by atoms with van der Waals surface area (Å²) in [6, 6.07) is 1.25. The zero-order valence-corrected chi connectivity index (χ0v) is 6.51. The summed E-state index contributed by atoms with van der Waals surface area (Å²) in [4.78, 5) is 19.3. The van der Waals surface area contributed by atoms with E-state index in [0.29, 0.717) is 0 Å². The van der Waals surface area contributed by atoms with Crippen LogP contribution in [0.3, 0.4) is 0 Å². The second kappa shape index (κ2) is 5.25. The zero-order chi connectivity index (χ0) is 10.3. The molecule has 0 amide bonds. The molecule has 0 atom stereocenters. The molecule has 1 aromatic rings. The Balaban J connectivity index is 0.000000310. The van der Waals surface area contributed by atoms with E-state index in [4.69, 9.17) is 27.3 Å². The molecule has 0 spiro atoms. The molecule has 68 valence electrons. The third-order valence-corrected chi connectivity index (χ3v) is 0.740. The van der Waals surface area contributed by atoms with Crippen LogP contribution in [0.15, 0.2) is 0 Å². The van der Waals surface area contributed by atoms with Gasteiger partial charge in [0.1, 0.15) is 6.07 Å². The van der Waals surface area contributed by atoms with Crippen LogP contribution in [0.4, 0.5) is 17.8 Å². The molecule has 0 radical (unpaired) electrons. The summed E-state index contributed by atoms with van der Waals surface area (Å²) in [6.45, 7) is 0. The van der Waals surface area contributed by atoms with E-state index >= 15 is 0 Å². The van der Waals surface area contributed by atoms with Crippen LogP contribution in [0.25, 0.3) is 0 Å². The van der Waals surface area contributed by atoms with Crippen LogP contribution in [-0.2, 0) is 4.79 Å².